The van der Waals surface area contributed by atoms with E-state index in [0.29, 0.717) is 23.0 Å². The average Bonchev–Trinajstić information content (AvgIpc) is 3.04. The topological polar surface area (TPSA) is 84.7 Å². The molecular weight excluding hydrogens is 268 g/mol. The van der Waals surface area contributed by atoms with Gasteiger partial charge in [0.25, 0.3) is 5.89 Å². The number of aryl methyl sites for hydroxylation is 1. The van der Waals surface area contributed by atoms with Crippen LogP contribution >= 0.6 is 0 Å². The van der Waals surface area contributed by atoms with E-state index in [1.165, 1.54) is 0 Å². The van der Waals surface area contributed by atoms with Gasteiger partial charge in [-0.2, -0.15) is 4.98 Å². The fourth-order valence-electron chi connectivity index (χ4n) is 2.44. The van der Waals surface area contributed by atoms with Crippen molar-refractivity contribution in [3.8, 4) is 23.0 Å². The van der Waals surface area contributed by atoms with E-state index in [0.717, 1.165) is 16.8 Å². The van der Waals surface area contributed by atoms with Crippen LogP contribution in [0.5, 0.6) is 0 Å². The zero-order chi connectivity index (χ0) is 15.0. The Bertz CT molecular complexity index is 802. The maximum Gasteiger partial charge on any atom is 0.274 e. The van der Waals surface area contributed by atoms with Crippen LogP contribution in [0.2, 0.25) is 0 Å². The van der Waals surface area contributed by atoms with Gasteiger partial charge in [0.05, 0.1) is 0 Å². The molecule has 106 valence electrons. The molecule has 0 saturated carbocycles. The first-order valence-corrected chi connectivity index (χ1v) is 6.52. The minimum Gasteiger partial charge on any atom is -0.354 e. The lowest BCUT2D eigenvalue weighted by Gasteiger charge is -1.95. The number of ketones is 1. The van der Waals surface area contributed by atoms with Gasteiger partial charge in [-0.05, 0) is 38.5 Å². The number of carbonyl (C=O) groups excluding carboxylic acids is 1. The maximum absolute atomic E-state index is 11.7. The monoisotopic (exact) mass is 282 g/mol. The Balaban J connectivity index is 2.05. The third-order valence-electron chi connectivity index (χ3n) is 3.37. The van der Waals surface area contributed by atoms with Gasteiger partial charge in [0.2, 0.25) is 5.82 Å². The van der Waals surface area contributed by atoms with Gasteiger partial charge in [-0.3, -0.25) is 9.78 Å². The molecule has 0 amide bonds. The Morgan fingerprint density at radius 2 is 1.95 bits per heavy atom. The summed E-state index contributed by atoms with van der Waals surface area (Å²) in [5.41, 5.74) is 3.82. The van der Waals surface area contributed by atoms with E-state index in [1.807, 2.05) is 26.0 Å². The Hall–Kier alpha value is -2.76. The third kappa shape index (κ3) is 2.24. The van der Waals surface area contributed by atoms with Crippen LogP contribution in [-0.4, -0.2) is 25.9 Å². The number of aromatic nitrogens is 4. The van der Waals surface area contributed by atoms with Crippen LogP contribution in [0, 0.1) is 13.8 Å². The fraction of sp³-hybridized carbons (Fsp3) is 0.200. The molecular formula is C15H14N4O2. The van der Waals surface area contributed by atoms with Crippen LogP contribution < -0.4 is 0 Å². The van der Waals surface area contributed by atoms with Crippen molar-refractivity contribution in [2.75, 3.05) is 0 Å². The number of aromatic amines is 1. The zero-order valence-electron chi connectivity index (χ0n) is 12.0. The van der Waals surface area contributed by atoms with Gasteiger partial charge in [0.15, 0.2) is 5.78 Å². The summed E-state index contributed by atoms with van der Waals surface area (Å²) in [5, 5.41) is 3.97. The third-order valence-corrected chi connectivity index (χ3v) is 3.37. The van der Waals surface area contributed by atoms with Crippen molar-refractivity contribution in [2.24, 2.45) is 0 Å². The van der Waals surface area contributed by atoms with Gasteiger partial charge in [-0.15, -0.1) is 0 Å². The first kappa shape index (κ1) is 13.2. The molecule has 0 fully saturated rings. The van der Waals surface area contributed by atoms with Crippen molar-refractivity contribution < 1.29 is 9.32 Å². The second-order valence-electron chi connectivity index (χ2n) is 4.84. The number of rotatable bonds is 3. The predicted octanol–water partition coefficient (Wildman–Crippen LogP) is 2.95. The number of H-pyrrole nitrogens is 1. The SMILES string of the molecule is CC(=O)c1c(C)[nH]c(-c2nc(-c3ccncc3)no2)c1C. The second kappa shape index (κ2) is 4.97. The number of pyridine rings is 1. The van der Waals surface area contributed by atoms with E-state index in [9.17, 15) is 4.79 Å². The summed E-state index contributed by atoms with van der Waals surface area (Å²) in [6.07, 6.45) is 3.34. The van der Waals surface area contributed by atoms with Gasteiger partial charge in [0.1, 0.15) is 5.69 Å². The highest BCUT2D eigenvalue weighted by atomic mass is 16.5. The smallest absolute Gasteiger partial charge is 0.274 e. The highest BCUT2D eigenvalue weighted by Gasteiger charge is 2.20. The lowest BCUT2D eigenvalue weighted by atomic mass is 10.1. The van der Waals surface area contributed by atoms with Crippen molar-refractivity contribution in [3.05, 3.63) is 41.3 Å². The van der Waals surface area contributed by atoms with Gasteiger partial charge in [0, 0.05) is 29.2 Å². The van der Waals surface area contributed by atoms with Crippen molar-refractivity contribution in [2.45, 2.75) is 20.8 Å². The van der Waals surface area contributed by atoms with Crippen molar-refractivity contribution >= 4 is 5.78 Å². The molecule has 0 unspecified atom stereocenters. The molecule has 0 atom stereocenters. The van der Waals surface area contributed by atoms with E-state index in [-0.39, 0.29) is 5.78 Å². The Labute approximate surface area is 121 Å². The quantitative estimate of drug-likeness (QED) is 0.746. The van der Waals surface area contributed by atoms with Gasteiger partial charge >= 0.3 is 0 Å². The summed E-state index contributed by atoms with van der Waals surface area (Å²) < 4.78 is 5.31. The summed E-state index contributed by atoms with van der Waals surface area (Å²) >= 11 is 0. The van der Waals surface area contributed by atoms with E-state index in [2.05, 4.69) is 20.1 Å². The Kier molecular flexibility index (Phi) is 3.13. The standard InChI is InChI=1S/C15H14N4O2/c1-8-12(10(3)20)9(2)17-13(8)15-18-14(19-21-15)11-4-6-16-7-5-11/h4-7,17H,1-3H3. The normalized spacial score (nSPS) is 10.8. The number of hydrogen-bond acceptors (Lipinski definition) is 5. The van der Waals surface area contributed by atoms with Crippen LogP contribution in [0.1, 0.15) is 28.5 Å². The molecule has 3 aromatic rings. The first-order valence-electron chi connectivity index (χ1n) is 6.52. The minimum absolute atomic E-state index is 0.0152. The van der Waals surface area contributed by atoms with Crippen LogP contribution in [0.25, 0.3) is 23.0 Å². The van der Waals surface area contributed by atoms with Crippen LogP contribution in [0.15, 0.2) is 29.0 Å². The van der Waals surface area contributed by atoms with Gasteiger partial charge < -0.3 is 9.51 Å². The number of nitrogens with zero attached hydrogens (tertiary/aromatic N) is 3. The molecule has 0 aliphatic carbocycles. The molecule has 1 N–H and O–H groups in total. The molecule has 0 aliphatic rings. The zero-order valence-corrected chi connectivity index (χ0v) is 12.0. The van der Waals surface area contributed by atoms with Crippen LogP contribution in [-0.2, 0) is 0 Å². The van der Waals surface area contributed by atoms with Crippen molar-refractivity contribution in [1.82, 2.24) is 20.1 Å². The molecule has 3 rings (SSSR count). The number of Topliss-reactive ketones (excluding diaryl/α,β-unsaturated/α-hetero) is 1. The highest BCUT2D eigenvalue weighted by Crippen LogP contribution is 2.28. The second-order valence-corrected chi connectivity index (χ2v) is 4.84. The summed E-state index contributed by atoms with van der Waals surface area (Å²) in [6.45, 7) is 5.27. The largest absolute Gasteiger partial charge is 0.354 e. The predicted molar refractivity (Wildman–Crippen MR) is 76.8 cm³/mol. The molecule has 6 nitrogen and oxygen atoms in total. The molecule has 3 aromatic heterocycles. The summed E-state index contributed by atoms with van der Waals surface area (Å²) in [7, 11) is 0. The van der Waals surface area contributed by atoms with E-state index in [1.54, 1.807) is 19.3 Å². The Morgan fingerprint density at radius 3 is 2.57 bits per heavy atom. The lowest BCUT2D eigenvalue weighted by molar-refractivity contribution is 0.101. The fourth-order valence-corrected chi connectivity index (χ4v) is 2.44. The summed E-state index contributed by atoms with van der Waals surface area (Å²) in [6, 6.07) is 3.62. The van der Waals surface area contributed by atoms with Gasteiger partial charge in [-0.1, -0.05) is 5.16 Å². The van der Waals surface area contributed by atoms with E-state index < -0.39 is 0 Å². The van der Waals surface area contributed by atoms with Crippen molar-refractivity contribution in [1.29, 1.82) is 0 Å². The van der Waals surface area contributed by atoms with Crippen molar-refractivity contribution in [3.63, 3.8) is 0 Å². The molecule has 0 radical (unpaired) electrons. The summed E-state index contributed by atoms with van der Waals surface area (Å²) in [5.74, 6) is 0.875. The number of nitrogens with one attached hydrogen (secondary N) is 1. The van der Waals surface area contributed by atoms with Crippen LogP contribution in [0.4, 0.5) is 0 Å². The molecule has 0 aliphatic heterocycles. The Morgan fingerprint density at radius 1 is 1.24 bits per heavy atom. The number of carbonyl (C=O) groups is 1. The molecule has 0 spiro atoms. The average molecular weight is 282 g/mol. The minimum atomic E-state index is 0.0152. The molecule has 0 bridgehead atoms. The number of hydrogen-bond donors (Lipinski definition) is 1. The highest BCUT2D eigenvalue weighted by molar-refractivity contribution is 5.98. The molecule has 0 saturated heterocycles. The van der Waals surface area contributed by atoms with Crippen LogP contribution in [0.3, 0.4) is 0 Å². The maximum atomic E-state index is 11.7. The molecule has 21 heavy (non-hydrogen) atoms. The van der Waals surface area contributed by atoms with E-state index in [4.69, 9.17) is 4.52 Å². The van der Waals surface area contributed by atoms with Gasteiger partial charge in [-0.25, -0.2) is 0 Å². The lowest BCUT2D eigenvalue weighted by Crippen LogP contribution is -1.94. The van der Waals surface area contributed by atoms with E-state index >= 15 is 0 Å². The summed E-state index contributed by atoms with van der Waals surface area (Å²) in [4.78, 5) is 23.1. The first-order chi connectivity index (χ1) is 10.1. The molecule has 6 heteroatoms. The molecule has 0 aromatic carbocycles. The molecule has 3 heterocycles.